The van der Waals surface area contributed by atoms with Crippen LogP contribution in [0, 0.1) is 10.1 Å². The summed E-state index contributed by atoms with van der Waals surface area (Å²) in [7, 11) is 0. The smallest absolute Gasteiger partial charge is 0.288 e. The standard InChI is InChI=1S/C13H15ClN4O3/c14-12-11(5-10(6-15-12)18(20)21)13(19)16-8-3-4-17(7-8)9-1-2-9/h5-6,8-9H,1-4,7H2,(H,16,19). The van der Waals surface area contributed by atoms with Crippen LogP contribution in [0.15, 0.2) is 12.3 Å². The summed E-state index contributed by atoms with van der Waals surface area (Å²) in [5.41, 5.74) is -0.189. The van der Waals surface area contributed by atoms with Gasteiger partial charge >= 0.3 is 0 Å². The lowest BCUT2D eigenvalue weighted by molar-refractivity contribution is -0.385. The quantitative estimate of drug-likeness (QED) is 0.518. The number of nitro groups is 1. The first-order valence-electron chi connectivity index (χ1n) is 6.89. The van der Waals surface area contributed by atoms with Crippen molar-refractivity contribution in [2.24, 2.45) is 0 Å². The Morgan fingerprint density at radius 2 is 2.24 bits per heavy atom. The zero-order chi connectivity index (χ0) is 15.0. The van der Waals surface area contributed by atoms with Crippen molar-refractivity contribution in [3.8, 4) is 0 Å². The number of hydrogen-bond acceptors (Lipinski definition) is 5. The Kier molecular flexibility index (Phi) is 3.77. The maximum absolute atomic E-state index is 12.2. The fourth-order valence-corrected chi connectivity index (χ4v) is 2.82. The van der Waals surface area contributed by atoms with Crippen LogP contribution in [0.3, 0.4) is 0 Å². The first-order chi connectivity index (χ1) is 10.0. The molecular formula is C13H15ClN4O3. The van der Waals surface area contributed by atoms with Crippen LogP contribution in [0.4, 0.5) is 5.69 Å². The predicted octanol–water partition coefficient (Wildman–Crippen LogP) is 1.61. The Balaban J connectivity index is 1.67. The highest BCUT2D eigenvalue weighted by atomic mass is 35.5. The number of rotatable bonds is 4. The second-order valence-corrected chi connectivity index (χ2v) is 5.83. The van der Waals surface area contributed by atoms with Crippen molar-refractivity contribution in [1.82, 2.24) is 15.2 Å². The van der Waals surface area contributed by atoms with Crippen LogP contribution >= 0.6 is 11.6 Å². The summed E-state index contributed by atoms with van der Waals surface area (Å²) >= 11 is 5.87. The molecule has 8 heteroatoms. The van der Waals surface area contributed by atoms with Crippen molar-refractivity contribution >= 4 is 23.2 Å². The van der Waals surface area contributed by atoms with E-state index in [4.69, 9.17) is 11.6 Å². The van der Waals surface area contributed by atoms with Crippen molar-refractivity contribution in [2.75, 3.05) is 13.1 Å². The number of nitrogens with one attached hydrogen (secondary N) is 1. The monoisotopic (exact) mass is 310 g/mol. The zero-order valence-corrected chi connectivity index (χ0v) is 12.0. The van der Waals surface area contributed by atoms with Gasteiger partial charge in [0.2, 0.25) is 0 Å². The normalized spacial score (nSPS) is 22.2. The van der Waals surface area contributed by atoms with Gasteiger partial charge in [-0.3, -0.25) is 19.8 Å². The molecule has 1 aliphatic carbocycles. The number of carbonyl (C=O) groups is 1. The van der Waals surface area contributed by atoms with Gasteiger partial charge in [0.05, 0.1) is 10.5 Å². The average molecular weight is 311 g/mol. The summed E-state index contributed by atoms with van der Waals surface area (Å²) in [5, 5.41) is 13.6. The molecule has 1 N–H and O–H groups in total. The average Bonchev–Trinajstić information content (AvgIpc) is 3.20. The molecule has 1 atom stereocenters. The lowest BCUT2D eigenvalue weighted by atomic mass is 10.2. The van der Waals surface area contributed by atoms with E-state index in [1.54, 1.807) is 0 Å². The van der Waals surface area contributed by atoms with Crippen LogP contribution in [-0.4, -0.2) is 45.9 Å². The van der Waals surface area contributed by atoms with Crippen LogP contribution in [-0.2, 0) is 0 Å². The Bertz CT molecular complexity index is 591. The van der Waals surface area contributed by atoms with Crippen LogP contribution in [0.5, 0.6) is 0 Å². The summed E-state index contributed by atoms with van der Waals surface area (Å²) in [4.78, 5) is 28.4. The molecule has 112 valence electrons. The van der Waals surface area contributed by atoms with E-state index in [2.05, 4.69) is 15.2 Å². The van der Waals surface area contributed by atoms with Gasteiger partial charge in [0, 0.05) is 31.2 Å². The molecule has 1 saturated carbocycles. The molecule has 1 aromatic heterocycles. The minimum absolute atomic E-state index is 0.0184. The van der Waals surface area contributed by atoms with Crippen LogP contribution in [0.2, 0.25) is 5.15 Å². The van der Waals surface area contributed by atoms with E-state index in [0.717, 1.165) is 31.8 Å². The Hall–Kier alpha value is -1.73. The molecule has 1 unspecified atom stereocenters. The molecule has 3 rings (SSSR count). The molecule has 0 aromatic carbocycles. The van der Waals surface area contributed by atoms with Gasteiger partial charge in [-0.1, -0.05) is 11.6 Å². The topological polar surface area (TPSA) is 88.4 Å². The van der Waals surface area contributed by atoms with Crippen molar-refractivity contribution in [3.05, 3.63) is 33.1 Å². The first kappa shape index (κ1) is 14.2. The highest BCUT2D eigenvalue weighted by molar-refractivity contribution is 6.32. The summed E-state index contributed by atoms with van der Waals surface area (Å²) in [5.74, 6) is -0.404. The number of pyridine rings is 1. The van der Waals surface area contributed by atoms with Crippen LogP contribution in [0.1, 0.15) is 29.6 Å². The molecule has 0 radical (unpaired) electrons. The second kappa shape index (κ2) is 5.57. The van der Waals surface area contributed by atoms with Crippen molar-refractivity contribution in [2.45, 2.75) is 31.3 Å². The molecule has 1 saturated heterocycles. The van der Waals surface area contributed by atoms with E-state index in [1.807, 2.05) is 0 Å². The van der Waals surface area contributed by atoms with Gasteiger partial charge in [0.15, 0.2) is 0 Å². The van der Waals surface area contributed by atoms with E-state index in [0.29, 0.717) is 6.04 Å². The van der Waals surface area contributed by atoms with Crippen LogP contribution < -0.4 is 5.32 Å². The third-order valence-corrected chi connectivity index (χ3v) is 4.20. The van der Waals surface area contributed by atoms with Gasteiger partial charge in [-0.05, 0) is 19.3 Å². The fraction of sp³-hybridized carbons (Fsp3) is 0.538. The number of amides is 1. The minimum atomic E-state index is -0.593. The van der Waals surface area contributed by atoms with E-state index in [-0.39, 0.29) is 22.4 Å². The zero-order valence-electron chi connectivity index (χ0n) is 11.3. The van der Waals surface area contributed by atoms with Gasteiger partial charge in [-0.25, -0.2) is 4.98 Å². The summed E-state index contributed by atoms with van der Waals surface area (Å²) in [6.07, 6.45) is 4.41. The fourth-order valence-electron chi connectivity index (χ4n) is 2.64. The number of likely N-dealkylation sites (tertiary alicyclic amines) is 1. The number of hydrogen-bond donors (Lipinski definition) is 1. The van der Waals surface area contributed by atoms with Gasteiger partial charge < -0.3 is 5.32 Å². The molecule has 1 aromatic rings. The highest BCUT2D eigenvalue weighted by Gasteiger charge is 2.35. The molecular weight excluding hydrogens is 296 g/mol. The minimum Gasteiger partial charge on any atom is -0.348 e. The Labute approximate surface area is 126 Å². The Morgan fingerprint density at radius 3 is 2.90 bits per heavy atom. The molecule has 1 aliphatic heterocycles. The van der Waals surface area contributed by atoms with Crippen molar-refractivity contribution in [3.63, 3.8) is 0 Å². The number of nitrogens with zero attached hydrogens (tertiary/aromatic N) is 3. The molecule has 0 spiro atoms. The highest BCUT2D eigenvalue weighted by Crippen LogP contribution is 2.30. The first-order valence-corrected chi connectivity index (χ1v) is 7.27. The van der Waals surface area contributed by atoms with Crippen LogP contribution in [0.25, 0.3) is 0 Å². The third-order valence-electron chi connectivity index (χ3n) is 3.90. The molecule has 2 heterocycles. The SMILES string of the molecule is O=C(NC1CCN(C2CC2)C1)c1cc([N+](=O)[O-])cnc1Cl. The maximum Gasteiger partial charge on any atom is 0.288 e. The van der Waals surface area contributed by atoms with Gasteiger partial charge in [-0.2, -0.15) is 0 Å². The van der Waals surface area contributed by atoms with E-state index < -0.39 is 10.8 Å². The summed E-state index contributed by atoms with van der Waals surface area (Å²) in [6.45, 7) is 1.81. The molecule has 2 fully saturated rings. The summed E-state index contributed by atoms with van der Waals surface area (Å²) < 4.78 is 0. The van der Waals surface area contributed by atoms with E-state index in [1.165, 1.54) is 12.8 Å². The number of aromatic nitrogens is 1. The van der Waals surface area contributed by atoms with Gasteiger partial charge in [-0.15, -0.1) is 0 Å². The van der Waals surface area contributed by atoms with Crippen molar-refractivity contribution in [1.29, 1.82) is 0 Å². The number of carbonyl (C=O) groups excluding carboxylic acids is 1. The third kappa shape index (κ3) is 3.14. The van der Waals surface area contributed by atoms with Gasteiger partial charge in [0.1, 0.15) is 11.3 Å². The molecule has 1 amide bonds. The lowest BCUT2D eigenvalue weighted by Gasteiger charge is -2.15. The maximum atomic E-state index is 12.2. The Morgan fingerprint density at radius 1 is 1.48 bits per heavy atom. The molecule has 2 aliphatic rings. The number of halogens is 1. The largest absolute Gasteiger partial charge is 0.348 e. The summed E-state index contributed by atoms with van der Waals surface area (Å²) in [6, 6.07) is 1.90. The lowest BCUT2D eigenvalue weighted by Crippen LogP contribution is -2.37. The molecule has 21 heavy (non-hydrogen) atoms. The van der Waals surface area contributed by atoms with Gasteiger partial charge in [0.25, 0.3) is 11.6 Å². The molecule has 7 nitrogen and oxygen atoms in total. The molecule has 0 bridgehead atoms. The van der Waals surface area contributed by atoms with E-state index >= 15 is 0 Å². The van der Waals surface area contributed by atoms with Crippen molar-refractivity contribution < 1.29 is 9.72 Å². The van der Waals surface area contributed by atoms with E-state index in [9.17, 15) is 14.9 Å². The second-order valence-electron chi connectivity index (χ2n) is 5.47. The predicted molar refractivity (Wildman–Crippen MR) is 76.4 cm³/mol.